The molecule has 4 aromatic heterocycles. The Morgan fingerprint density at radius 3 is 2.84 bits per heavy atom. The molecule has 0 N–H and O–H groups in total. The lowest BCUT2D eigenvalue weighted by Crippen LogP contribution is -2.24. The maximum atomic E-state index is 13.1. The second-order valence-corrected chi connectivity index (χ2v) is 9.13. The van der Waals surface area contributed by atoms with Gasteiger partial charge in [-0.15, -0.1) is 11.3 Å². The molecule has 1 aliphatic rings. The van der Waals surface area contributed by atoms with Crippen molar-refractivity contribution in [3.63, 3.8) is 0 Å². The zero-order valence-corrected chi connectivity index (χ0v) is 18.7. The molecule has 0 fully saturated rings. The van der Waals surface area contributed by atoms with Crippen molar-refractivity contribution in [3.05, 3.63) is 72.6 Å². The largest absolute Gasteiger partial charge is 0.455 e. The van der Waals surface area contributed by atoms with Crippen LogP contribution in [-0.4, -0.2) is 24.9 Å². The van der Waals surface area contributed by atoms with E-state index in [1.54, 1.807) is 23.8 Å². The van der Waals surface area contributed by atoms with Crippen LogP contribution in [0.15, 0.2) is 34.0 Å². The molecule has 4 aromatic rings. The number of aromatic nitrogens is 4. The van der Waals surface area contributed by atoms with Crippen LogP contribution in [0.1, 0.15) is 51.6 Å². The molecule has 0 aliphatic carbocycles. The molecule has 0 saturated carbocycles. The van der Waals surface area contributed by atoms with Gasteiger partial charge in [0, 0.05) is 25.2 Å². The molecule has 0 bridgehead atoms. The molecule has 32 heavy (non-hydrogen) atoms. The fourth-order valence-electron chi connectivity index (χ4n) is 4.14. The van der Waals surface area contributed by atoms with E-state index in [0.717, 1.165) is 37.1 Å². The normalized spacial score (nSPS) is 13.8. The molecule has 0 spiro atoms. The maximum absolute atomic E-state index is 13.1. The minimum absolute atomic E-state index is 0.0841. The van der Waals surface area contributed by atoms with Crippen LogP contribution < -0.4 is 11.1 Å². The van der Waals surface area contributed by atoms with Crippen molar-refractivity contribution >= 4 is 33.2 Å². The lowest BCUT2D eigenvalue weighted by molar-refractivity contribution is 0.0473. The van der Waals surface area contributed by atoms with E-state index >= 15 is 0 Å². The third kappa shape index (κ3) is 3.52. The van der Waals surface area contributed by atoms with Gasteiger partial charge in [-0.25, -0.2) is 14.8 Å². The number of carbonyl (C=O) groups is 1. The van der Waals surface area contributed by atoms with Crippen molar-refractivity contribution < 1.29 is 9.53 Å². The predicted octanol–water partition coefficient (Wildman–Crippen LogP) is 3.17. The Morgan fingerprint density at radius 1 is 1.16 bits per heavy atom. The molecule has 9 heteroatoms. The van der Waals surface area contributed by atoms with Gasteiger partial charge in [0.15, 0.2) is 0 Å². The predicted molar refractivity (Wildman–Crippen MR) is 121 cm³/mol. The zero-order chi connectivity index (χ0) is 22.4. The summed E-state index contributed by atoms with van der Waals surface area (Å²) in [5.41, 5.74) is 2.08. The highest BCUT2D eigenvalue weighted by Crippen LogP contribution is 2.29. The molecular weight excluding hydrogens is 428 g/mol. The van der Waals surface area contributed by atoms with Crippen molar-refractivity contribution in [2.45, 2.75) is 52.7 Å². The Bertz CT molecular complexity index is 1500. The minimum atomic E-state index is -0.545. The van der Waals surface area contributed by atoms with E-state index in [1.165, 1.54) is 21.8 Å². The summed E-state index contributed by atoms with van der Waals surface area (Å²) in [7, 11) is 0. The number of rotatable bonds is 3. The summed E-state index contributed by atoms with van der Waals surface area (Å²) in [6, 6.07) is 4.98. The molecule has 1 aliphatic heterocycles. The Labute approximate surface area is 187 Å². The number of nitrogens with zero attached hydrogens (tertiary/aromatic N) is 4. The molecule has 5 heterocycles. The fraction of sp³-hybridized carbons (Fsp3) is 0.348. The Morgan fingerprint density at radius 2 is 2.00 bits per heavy atom. The molecule has 5 rings (SSSR count). The van der Waals surface area contributed by atoms with Crippen molar-refractivity contribution in [2.75, 3.05) is 0 Å². The average molecular weight is 451 g/mol. The standard InChI is InChI=1S/C23H22N4O4S/c1-13-7-8-17-24-15(10-18(28)27(17)11-13)12-31-23(30)20-14(2)19-21(32-20)25-16-6-4-3-5-9-26(16)22(19)29/h7-8,10-11H,3-6,9,12H2,1-2H3. The first-order chi connectivity index (χ1) is 15.4. The van der Waals surface area contributed by atoms with Crippen LogP contribution in [0.2, 0.25) is 0 Å². The number of pyridine rings is 1. The van der Waals surface area contributed by atoms with Crippen LogP contribution in [0.25, 0.3) is 15.9 Å². The van der Waals surface area contributed by atoms with Gasteiger partial charge in [-0.05, 0) is 43.9 Å². The van der Waals surface area contributed by atoms with Gasteiger partial charge in [0.1, 0.15) is 27.8 Å². The highest BCUT2D eigenvalue weighted by Gasteiger charge is 2.23. The maximum Gasteiger partial charge on any atom is 0.349 e. The molecular formula is C23H22N4O4S. The van der Waals surface area contributed by atoms with Crippen molar-refractivity contribution in [3.8, 4) is 0 Å². The quantitative estimate of drug-likeness (QED) is 0.445. The average Bonchev–Trinajstić information content (AvgIpc) is 2.94. The van der Waals surface area contributed by atoms with E-state index in [0.29, 0.717) is 38.5 Å². The Balaban J connectivity index is 1.44. The van der Waals surface area contributed by atoms with Gasteiger partial charge in [0.25, 0.3) is 11.1 Å². The first kappa shape index (κ1) is 20.6. The topological polar surface area (TPSA) is 95.6 Å². The summed E-state index contributed by atoms with van der Waals surface area (Å²) in [6.45, 7) is 4.18. The van der Waals surface area contributed by atoms with Crippen LogP contribution in [-0.2, 0) is 24.3 Å². The van der Waals surface area contributed by atoms with E-state index < -0.39 is 5.97 Å². The molecule has 8 nitrogen and oxygen atoms in total. The summed E-state index contributed by atoms with van der Waals surface area (Å²) in [6.07, 6.45) is 5.53. The molecule has 0 aromatic carbocycles. The lowest BCUT2D eigenvalue weighted by Gasteiger charge is -2.08. The van der Waals surface area contributed by atoms with Gasteiger partial charge in [0.2, 0.25) is 0 Å². The van der Waals surface area contributed by atoms with Crippen LogP contribution in [0.5, 0.6) is 0 Å². The SMILES string of the molecule is Cc1ccc2nc(COC(=O)c3sc4nc5n(c(=O)c4c3C)CCCCC5)cc(=O)n2c1. The number of fused-ring (bicyclic) bond motifs is 3. The monoisotopic (exact) mass is 450 g/mol. The van der Waals surface area contributed by atoms with Crippen LogP contribution in [0.4, 0.5) is 0 Å². The second kappa shape index (κ2) is 7.98. The van der Waals surface area contributed by atoms with Gasteiger partial charge in [-0.3, -0.25) is 18.6 Å². The molecule has 0 saturated heterocycles. The van der Waals surface area contributed by atoms with Crippen molar-refractivity contribution in [1.29, 1.82) is 0 Å². The summed E-state index contributed by atoms with van der Waals surface area (Å²) >= 11 is 1.18. The van der Waals surface area contributed by atoms with E-state index in [9.17, 15) is 14.4 Å². The van der Waals surface area contributed by atoms with Crippen LogP contribution in [0.3, 0.4) is 0 Å². The highest BCUT2D eigenvalue weighted by molar-refractivity contribution is 7.20. The van der Waals surface area contributed by atoms with Gasteiger partial charge >= 0.3 is 5.97 Å². The van der Waals surface area contributed by atoms with Crippen LogP contribution in [0, 0.1) is 13.8 Å². The Kier molecular flexibility index (Phi) is 5.13. The number of aryl methyl sites for hydroxylation is 3. The third-order valence-electron chi connectivity index (χ3n) is 5.81. The van der Waals surface area contributed by atoms with Crippen molar-refractivity contribution in [1.82, 2.24) is 18.9 Å². The van der Waals surface area contributed by atoms with Gasteiger partial charge in [0.05, 0.1) is 11.1 Å². The third-order valence-corrected chi connectivity index (χ3v) is 6.97. The van der Waals surface area contributed by atoms with Gasteiger partial charge in [-0.1, -0.05) is 12.5 Å². The number of hydrogen-bond donors (Lipinski definition) is 0. The van der Waals surface area contributed by atoms with Crippen molar-refractivity contribution in [2.24, 2.45) is 0 Å². The number of esters is 1. The van der Waals surface area contributed by atoms with E-state index in [-0.39, 0.29) is 17.7 Å². The smallest absolute Gasteiger partial charge is 0.349 e. The lowest BCUT2D eigenvalue weighted by atomic mass is 10.2. The number of ether oxygens (including phenoxy) is 1. The fourth-order valence-corrected chi connectivity index (χ4v) is 5.23. The van der Waals surface area contributed by atoms with Gasteiger partial charge < -0.3 is 4.74 Å². The molecule has 164 valence electrons. The van der Waals surface area contributed by atoms with E-state index in [1.807, 2.05) is 13.0 Å². The summed E-state index contributed by atoms with van der Waals surface area (Å²) in [4.78, 5) is 48.3. The molecule has 0 atom stereocenters. The first-order valence-electron chi connectivity index (χ1n) is 10.6. The summed E-state index contributed by atoms with van der Waals surface area (Å²) in [5.74, 6) is 0.244. The molecule has 0 unspecified atom stereocenters. The summed E-state index contributed by atoms with van der Waals surface area (Å²) < 4.78 is 8.67. The number of thiophene rings is 1. The first-order valence-corrected chi connectivity index (χ1v) is 11.4. The number of hydrogen-bond acceptors (Lipinski definition) is 7. The minimum Gasteiger partial charge on any atom is -0.455 e. The molecule has 0 radical (unpaired) electrons. The summed E-state index contributed by atoms with van der Waals surface area (Å²) in [5, 5.41) is 0.491. The van der Waals surface area contributed by atoms with E-state index in [2.05, 4.69) is 9.97 Å². The zero-order valence-electron chi connectivity index (χ0n) is 17.9. The van der Waals surface area contributed by atoms with Crippen LogP contribution >= 0.6 is 11.3 Å². The highest BCUT2D eigenvalue weighted by atomic mass is 32.1. The Hall–Kier alpha value is -3.33. The molecule has 0 amide bonds. The van der Waals surface area contributed by atoms with Gasteiger partial charge in [-0.2, -0.15) is 0 Å². The number of carbonyl (C=O) groups excluding carboxylic acids is 1. The second-order valence-electron chi connectivity index (χ2n) is 8.13. The van der Waals surface area contributed by atoms with E-state index in [4.69, 9.17) is 4.74 Å².